The van der Waals surface area contributed by atoms with Crippen LogP contribution in [0.2, 0.25) is 10.0 Å². The quantitative estimate of drug-likeness (QED) is 0.250. The fourth-order valence-electron chi connectivity index (χ4n) is 5.40. The van der Waals surface area contributed by atoms with E-state index in [1.807, 2.05) is 60.0 Å². The van der Waals surface area contributed by atoms with Crippen molar-refractivity contribution in [2.24, 2.45) is 0 Å². The van der Waals surface area contributed by atoms with E-state index in [4.69, 9.17) is 27.9 Å². The minimum Gasteiger partial charge on any atom is -0.497 e. The molecular formula is C31H25Cl2N3O3S. The number of carbonyl (C=O) groups is 2. The van der Waals surface area contributed by atoms with Gasteiger partial charge in [0.1, 0.15) is 5.75 Å². The van der Waals surface area contributed by atoms with Crippen LogP contribution in [0, 0.1) is 0 Å². The normalized spacial score (nSPS) is 18.4. The summed E-state index contributed by atoms with van der Waals surface area (Å²) in [6.07, 6.45) is 1.02. The number of allylic oxidation sites excluding steroid dienone is 1. The Bertz CT molecular complexity index is 1620. The maximum Gasteiger partial charge on any atom is 0.327 e. The van der Waals surface area contributed by atoms with E-state index in [2.05, 4.69) is 16.7 Å². The molecule has 2 aliphatic rings. The standard InChI is InChI=1S/C31H25Cl2N3O3S/c1-39-21-11-8-18(9-12-21)30-29-25(15-19(16-27(29)37)28-7-4-14-40-28)35-24-5-2-3-6-26(24)36(30)31(38)34-20-10-13-22(32)23(33)17-20/h2-14,17,19,30,35H,15-16H2,1H3,(H,34,38). The lowest BCUT2D eigenvalue weighted by Gasteiger charge is -2.35. The fraction of sp³-hybridized carbons (Fsp3) is 0.161. The van der Waals surface area contributed by atoms with Gasteiger partial charge in [0.25, 0.3) is 0 Å². The highest BCUT2D eigenvalue weighted by atomic mass is 35.5. The van der Waals surface area contributed by atoms with Crippen LogP contribution in [0.15, 0.2) is 95.5 Å². The number of amides is 2. The molecule has 0 saturated heterocycles. The van der Waals surface area contributed by atoms with Gasteiger partial charge in [0.05, 0.1) is 34.6 Å². The number of hydrogen-bond donors (Lipinski definition) is 2. The second-order valence-electron chi connectivity index (χ2n) is 9.68. The van der Waals surface area contributed by atoms with Crippen molar-refractivity contribution >= 4 is 63.4 Å². The number of ketones is 1. The molecule has 202 valence electrons. The number of thiophene rings is 1. The maximum atomic E-state index is 14.2. The van der Waals surface area contributed by atoms with Crippen LogP contribution in [0.3, 0.4) is 0 Å². The molecule has 1 aliphatic carbocycles. The molecule has 0 spiro atoms. The summed E-state index contributed by atoms with van der Waals surface area (Å²) in [5.41, 5.74) is 4.08. The Hall–Kier alpha value is -3.78. The number of rotatable bonds is 4. The molecule has 2 amide bonds. The number of nitrogens with zero attached hydrogens (tertiary/aromatic N) is 1. The van der Waals surface area contributed by atoms with Gasteiger partial charge in [0.15, 0.2) is 5.78 Å². The Morgan fingerprint density at radius 1 is 1.00 bits per heavy atom. The number of para-hydroxylation sites is 2. The molecule has 6 rings (SSSR count). The minimum atomic E-state index is -0.684. The van der Waals surface area contributed by atoms with E-state index in [9.17, 15) is 9.59 Å². The SMILES string of the molecule is COc1ccc(C2C3=C(CC(c4cccs4)CC3=O)Nc3ccccc3N2C(=O)Nc2ccc(Cl)c(Cl)c2)cc1. The lowest BCUT2D eigenvalue weighted by Crippen LogP contribution is -2.41. The molecule has 0 saturated carbocycles. The number of hydrogen-bond acceptors (Lipinski definition) is 5. The lowest BCUT2D eigenvalue weighted by atomic mass is 9.80. The second-order valence-corrected chi connectivity index (χ2v) is 11.5. The van der Waals surface area contributed by atoms with Crippen LogP contribution < -0.4 is 20.3 Å². The van der Waals surface area contributed by atoms with Crippen molar-refractivity contribution < 1.29 is 14.3 Å². The van der Waals surface area contributed by atoms with Gasteiger partial charge in [-0.15, -0.1) is 11.3 Å². The van der Waals surface area contributed by atoms with Crippen molar-refractivity contribution in [1.82, 2.24) is 0 Å². The van der Waals surface area contributed by atoms with Gasteiger partial charge >= 0.3 is 6.03 Å². The first-order valence-electron chi connectivity index (χ1n) is 12.8. The number of halogens is 2. The number of benzene rings is 3. The van der Waals surface area contributed by atoms with E-state index in [0.29, 0.717) is 45.6 Å². The van der Waals surface area contributed by atoms with Gasteiger partial charge in [-0.05, 0) is 65.9 Å². The summed E-state index contributed by atoms with van der Waals surface area (Å²) in [4.78, 5) is 31.0. The van der Waals surface area contributed by atoms with Crippen molar-refractivity contribution in [3.8, 4) is 5.75 Å². The third-order valence-corrected chi connectivity index (χ3v) is 9.03. The average Bonchev–Trinajstić information content (AvgIpc) is 3.45. The topological polar surface area (TPSA) is 70.7 Å². The van der Waals surface area contributed by atoms with Crippen LogP contribution in [-0.2, 0) is 4.79 Å². The van der Waals surface area contributed by atoms with Gasteiger partial charge in [0, 0.05) is 34.2 Å². The molecule has 0 radical (unpaired) electrons. The van der Waals surface area contributed by atoms with Crippen LogP contribution in [0.1, 0.15) is 35.2 Å². The highest BCUT2D eigenvalue weighted by Gasteiger charge is 2.42. The van der Waals surface area contributed by atoms with Crippen molar-refractivity contribution in [3.05, 3.63) is 116 Å². The van der Waals surface area contributed by atoms with Gasteiger partial charge in [-0.2, -0.15) is 0 Å². The van der Waals surface area contributed by atoms with Gasteiger partial charge < -0.3 is 15.4 Å². The smallest absolute Gasteiger partial charge is 0.327 e. The summed E-state index contributed by atoms with van der Waals surface area (Å²) in [6, 6.07) is 23.0. The van der Waals surface area contributed by atoms with Crippen LogP contribution >= 0.6 is 34.5 Å². The fourth-order valence-corrected chi connectivity index (χ4v) is 6.53. The Morgan fingerprint density at radius 3 is 2.52 bits per heavy atom. The van der Waals surface area contributed by atoms with Crippen molar-refractivity contribution in [2.45, 2.75) is 24.8 Å². The molecule has 0 fully saturated rings. The Morgan fingerprint density at radius 2 is 1.80 bits per heavy atom. The van der Waals surface area contributed by atoms with E-state index in [-0.39, 0.29) is 11.7 Å². The Kier molecular flexibility index (Phi) is 7.27. The maximum absolute atomic E-state index is 14.2. The van der Waals surface area contributed by atoms with Gasteiger partial charge in [0.2, 0.25) is 0 Å². The summed E-state index contributed by atoms with van der Waals surface area (Å²) < 4.78 is 5.39. The van der Waals surface area contributed by atoms with Gasteiger partial charge in [-0.1, -0.05) is 53.5 Å². The van der Waals surface area contributed by atoms with E-state index >= 15 is 0 Å². The number of urea groups is 1. The molecule has 2 heterocycles. The number of ether oxygens (including phenoxy) is 1. The molecule has 40 heavy (non-hydrogen) atoms. The van der Waals surface area contributed by atoms with Crippen LogP contribution in [0.25, 0.3) is 0 Å². The van der Waals surface area contributed by atoms with Gasteiger partial charge in [-0.3, -0.25) is 9.69 Å². The highest BCUT2D eigenvalue weighted by Crippen LogP contribution is 2.48. The lowest BCUT2D eigenvalue weighted by molar-refractivity contribution is -0.116. The molecule has 1 aliphatic heterocycles. The summed E-state index contributed by atoms with van der Waals surface area (Å²) in [7, 11) is 1.60. The number of nitrogens with one attached hydrogen (secondary N) is 2. The third kappa shape index (κ3) is 4.96. The van der Waals surface area contributed by atoms with Gasteiger partial charge in [-0.25, -0.2) is 4.79 Å². The average molecular weight is 591 g/mol. The molecule has 4 aromatic rings. The third-order valence-electron chi connectivity index (χ3n) is 7.26. The molecule has 0 bridgehead atoms. The van der Waals surface area contributed by atoms with Crippen LogP contribution in [0.5, 0.6) is 5.75 Å². The molecule has 6 nitrogen and oxygen atoms in total. The minimum absolute atomic E-state index is 0.00751. The molecule has 2 atom stereocenters. The van der Waals surface area contributed by atoms with E-state index in [0.717, 1.165) is 16.9 Å². The second kappa shape index (κ2) is 11.0. The molecule has 1 aromatic heterocycles. The summed E-state index contributed by atoms with van der Waals surface area (Å²) in [5.74, 6) is 0.761. The molecule has 9 heteroatoms. The Labute approximate surface area is 246 Å². The van der Waals surface area contributed by atoms with Crippen molar-refractivity contribution in [2.75, 3.05) is 22.6 Å². The largest absolute Gasteiger partial charge is 0.497 e. The zero-order valence-electron chi connectivity index (χ0n) is 21.5. The summed E-state index contributed by atoms with van der Waals surface area (Å²) >= 11 is 14.0. The monoisotopic (exact) mass is 589 g/mol. The molecule has 3 aromatic carbocycles. The number of fused-ring (bicyclic) bond motifs is 1. The first-order chi connectivity index (χ1) is 19.4. The van der Waals surface area contributed by atoms with E-state index in [1.54, 1.807) is 41.5 Å². The number of methoxy groups -OCH3 is 1. The van der Waals surface area contributed by atoms with Crippen LogP contribution in [0.4, 0.5) is 21.9 Å². The molecule has 2 unspecified atom stereocenters. The summed E-state index contributed by atoms with van der Waals surface area (Å²) in [5, 5.41) is 9.28. The zero-order chi connectivity index (χ0) is 27.8. The molecule has 2 N–H and O–H groups in total. The number of Topliss-reactive ketones (excluding diaryl/α,β-unsaturated/α-hetero) is 1. The predicted molar refractivity (Wildman–Crippen MR) is 162 cm³/mol. The first-order valence-corrected chi connectivity index (χ1v) is 14.4. The molecular weight excluding hydrogens is 565 g/mol. The van der Waals surface area contributed by atoms with E-state index < -0.39 is 12.1 Å². The number of carbonyl (C=O) groups excluding carboxylic acids is 2. The van der Waals surface area contributed by atoms with E-state index in [1.165, 1.54) is 4.88 Å². The van der Waals surface area contributed by atoms with Crippen molar-refractivity contribution in [1.29, 1.82) is 0 Å². The highest BCUT2D eigenvalue weighted by molar-refractivity contribution is 7.10. The van der Waals surface area contributed by atoms with Crippen LogP contribution in [-0.4, -0.2) is 18.9 Å². The Balaban J connectivity index is 1.51. The first kappa shape index (κ1) is 26.4. The van der Waals surface area contributed by atoms with Crippen molar-refractivity contribution in [3.63, 3.8) is 0 Å². The zero-order valence-corrected chi connectivity index (χ0v) is 23.8. The number of anilines is 3. The summed E-state index contributed by atoms with van der Waals surface area (Å²) in [6.45, 7) is 0. The predicted octanol–water partition coefficient (Wildman–Crippen LogP) is 8.67.